The minimum absolute atomic E-state index is 0.123. The van der Waals surface area contributed by atoms with Crippen LogP contribution in [0.4, 0.5) is 0 Å². The molecule has 1 heterocycles. The van der Waals surface area contributed by atoms with Gasteiger partial charge < -0.3 is 5.32 Å². The van der Waals surface area contributed by atoms with Crippen LogP contribution in [0.1, 0.15) is 32.3 Å². The maximum atomic E-state index is 11.5. The van der Waals surface area contributed by atoms with E-state index in [0.29, 0.717) is 12.3 Å². The zero-order chi connectivity index (χ0) is 12.5. The summed E-state index contributed by atoms with van der Waals surface area (Å²) in [6.45, 7) is 4.31. The molecule has 1 amide bonds. The van der Waals surface area contributed by atoms with Crippen molar-refractivity contribution in [2.45, 2.75) is 38.6 Å². The summed E-state index contributed by atoms with van der Waals surface area (Å²) in [4.78, 5) is 11.5. The van der Waals surface area contributed by atoms with Gasteiger partial charge in [0.05, 0.1) is 0 Å². The topological polar surface area (TPSA) is 29.1 Å². The molecule has 0 bridgehead atoms. The van der Waals surface area contributed by atoms with Crippen LogP contribution in [0.15, 0.2) is 24.3 Å². The van der Waals surface area contributed by atoms with Crippen LogP contribution in [-0.4, -0.2) is 11.4 Å². The Morgan fingerprint density at radius 3 is 2.65 bits per heavy atom. The molecule has 0 saturated carbocycles. The Morgan fingerprint density at radius 1 is 1.41 bits per heavy atom. The predicted molar refractivity (Wildman–Crippen MR) is 70.1 cm³/mol. The maximum Gasteiger partial charge on any atom is 0.220 e. The van der Waals surface area contributed by atoms with Gasteiger partial charge in [0, 0.05) is 17.0 Å². The molecule has 2 nitrogen and oxygen atoms in total. The average Bonchev–Trinajstić information content (AvgIpc) is 2.65. The number of hydrogen-bond donors (Lipinski definition) is 1. The Kier molecular flexibility index (Phi) is 3.43. The number of nitrogens with one attached hydrogen (secondary N) is 1. The van der Waals surface area contributed by atoms with Gasteiger partial charge in [0.25, 0.3) is 0 Å². The lowest BCUT2D eigenvalue weighted by Gasteiger charge is -2.34. The van der Waals surface area contributed by atoms with E-state index < -0.39 is 0 Å². The molecule has 1 N–H and O–H groups in total. The highest BCUT2D eigenvalue weighted by Crippen LogP contribution is 2.33. The summed E-state index contributed by atoms with van der Waals surface area (Å²) in [6.07, 6.45) is 2.34. The zero-order valence-electron chi connectivity index (χ0n) is 10.3. The number of rotatable bonds is 3. The van der Waals surface area contributed by atoms with Crippen LogP contribution in [0.2, 0.25) is 5.02 Å². The Labute approximate surface area is 107 Å². The molecule has 0 aromatic heterocycles. The third-order valence-electron chi connectivity index (χ3n) is 3.76. The monoisotopic (exact) mass is 251 g/mol. The summed E-state index contributed by atoms with van der Waals surface area (Å²) in [5.74, 6) is 0.566. The molecule has 2 rings (SSSR count). The quantitative estimate of drug-likeness (QED) is 0.878. The maximum absolute atomic E-state index is 11.5. The molecule has 1 fully saturated rings. The van der Waals surface area contributed by atoms with Crippen molar-refractivity contribution >= 4 is 17.5 Å². The van der Waals surface area contributed by atoms with Crippen molar-refractivity contribution in [3.8, 4) is 0 Å². The first-order chi connectivity index (χ1) is 8.03. The predicted octanol–water partition coefficient (Wildman–Crippen LogP) is 3.19. The molecule has 1 atom stereocenters. The van der Waals surface area contributed by atoms with Gasteiger partial charge in [-0.1, -0.05) is 43.6 Å². The van der Waals surface area contributed by atoms with E-state index in [4.69, 9.17) is 11.6 Å². The molecule has 92 valence electrons. The van der Waals surface area contributed by atoms with Crippen LogP contribution >= 0.6 is 11.6 Å². The number of carbonyl (C=O) groups excluding carboxylic acids is 1. The van der Waals surface area contributed by atoms with Crippen LogP contribution in [0.25, 0.3) is 0 Å². The first-order valence-electron chi connectivity index (χ1n) is 6.08. The number of halogens is 1. The van der Waals surface area contributed by atoms with Crippen LogP contribution in [0, 0.1) is 5.92 Å². The van der Waals surface area contributed by atoms with Gasteiger partial charge >= 0.3 is 0 Å². The van der Waals surface area contributed by atoms with Gasteiger partial charge in [0.1, 0.15) is 0 Å². The first kappa shape index (κ1) is 12.4. The van der Waals surface area contributed by atoms with E-state index in [2.05, 4.69) is 19.2 Å². The average molecular weight is 252 g/mol. The highest BCUT2D eigenvalue weighted by atomic mass is 35.5. The zero-order valence-corrected chi connectivity index (χ0v) is 11.1. The van der Waals surface area contributed by atoms with E-state index >= 15 is 0 Å². The van der Waals surface area contributed by atoms with E-state index in [1.54, 1.807) is 0 Å². The molecule has 1 saturated heterocycles. The lowest BCUT2D eigenvalue weighted by Crippen LogP contribution is -2.48. The van der Waals surface area contributed by atoms with Crippen LogP contribution < -0.4 is 5.32 Å². The summed E-state index contributed by atoms with van der Waals surface area (Å²) in [5.41, 5.74) is 0.993. The Morgan fingerprint density at radius 2 is 2.12 bits per heavy atom. The molecule has 1 aromatic rings. The van der Waals surface area contributed by atoms with Crippen molar-refractivity contribution < 1.29 is 4.79 Å². The largest absolute Gasteiger partial charge is 0.350 e. The van der Waals surface area contributed by atoms with E-state index in [0.717, 1.165) is 23.4 Å². The van der Waals surface area contributed by atoms with Gasteiger partial charge in [-0.2, -0.15) is 0 Å². The minimum atomic E-state index is -0.123. The fourth-order valence-corrected chi connectivity index (χ4v) is 2.69. The number of carbonyl (C=O) groups is 1. The van der Waals surface area contributed by atoms with E-state index in [9.17, 15) is 4.79 Å². The summed E-state index contributed by atoms with van der Waals surface area (Å²) < 4.78 is 0. The van der Waals surface area contributed by atoms with Gasteiger partial charge in [-0.25, -0.2) is 0 Å². The second kappa shape index (κ2) is 4.69. The first-order valence-corrected chi connectivity index (χ1v) is 6.46. The summed E-state index contributed by atoms with van der Waals surface area (Å²) >= 11 is 6.19. The molecule has 0 aliphatic carbocycles. The Hall–Kier alpha value is -1.02. The van der Waals surface area contributed by atoms with E-state index in [-0.39, 0.29) is 11.4 Å². The van der Waals surface area contributed by atoms with Crippen molar-refractivity contribution in [1.82, 2.24) is 5.32 Å². The summed E-state index contributed by atoms with van der Waals surface area (Å²) in [7, 11) is 0. The Bertz CT molecular complexity index is 430. The van der Waals surface area contributed by atoms with Gasteiger partial charge in [-0.3, -0.25) is 4.79 Å². The smallest absolute Gasteiger partial charge is 0.220 e. The van der Waals surface area contributed by atoms with Crippen molar-refractivity contribution in [2.24, 2.45) is 5.92 Å². The SMILES string of the molecule is CC(C)C1(Cc2ccccc2Cl)CCC(=O)N1. The number of amides is 1. The molecule has 1 aliphatic heterocycles. The summed E-state index contributed by atoms with van der Waals surface area (Å²) in [5, 5.41) is 3.93. The van der Waals surface area contributed by atoms with Crippen molar-refractivity contribution in [3.05, 3.63) is 34.9 Å². The lowest BCUT2D eigenvalue weighted by atomic mass is 9.80. The lowest BCUT2D eigenvalue weighted by molar-refractivity contribution is -0.120. The van der Waals surface area contributed by atoms with Crippen LogP contribution in [-0.2, 0) is 11.2 Å². The van der Waals surface area contributed by atoms with Crippen LogP contribution in [0.5, 0.6) is 0 Å². The molecule has 3 heteroatoms. The third kappa shape index (κ3) is 2.47. The molecule has 0 radical (unpaired) electrons. The fourth-order valence-electron chi connectivity index (χ4n) is 2.49. The highest BCUT2D eigenvalue weighted by molar-refractivity contribution is 6.31. The third-order valence-corrected chi connectivity index (χ3v) is 4.12. The number of benzene rings is 1. The van der Waals surface area contributed by atoms with Crippen molar-refractivity contribution in [2.75, 3.05) is 0 Å². The molecule has 1 aromatic carbocycles. The van der Waals surface area contributed by atoms with Gasteiger partial charge in [-0.15, -0.1) is 0 Å². The fraction of sp³-hybridized carbons (Fsp3) is 0.500. The van der Waals surface area contributed by atoms with E-state index in [1.807, 2.05) is 24.3 Å². The second-order valence-electron chi connectivity index (χ2n) is 5.13. The second-order valence-corrected chi connectivity index (χ2v) is 5.53. The van der Waals surface area contributed by atoms with E-state index in [1.165, 1.54) is 0 Å². The van der Waals surface area contributed by atoms with Gasteiger partial charge in [-0.05, 0) is 30.4 Å². The summed E-state index contributed by atoms with van der Waals surface area (Å²) in [6, 6.07) is 7.87. The molecular weight excluding hydrogens is 234 g/mol. The number of hydrogen-bond acceptors (Lipinski definition) is 1. The highest BCUT2D eigenvalue weighted by Gasteiger charge is 2.40. The van der Waals surface area contributed by atoms with Gasteiger partial charge in [0.2, 0.25) is 5.91 Å². The normalized spacial score (nSPS) is 24.1. The molecule has 1 aliphatic rings. The van der Waals surface area contributed by atoms with Crippen molar-refractivity contribution in [1.29, 1.82) is 0 Å². The Balaban J connectivity index is 2.25. The minimum Gasteiger partial charge on any atom is -0.350 e. The molecule has 0 spiro atoms. The molecule has 17 heavy (non-hydrogen) atoms. The van der Waals surface area contributed by atoms with Crippen LogP contribution in [0.3, 0.4) is 0 Å². The molecular formula is C14H18ClNO. The standard InChI is InChI=1S/C14H18ClNO/c1-10(2)14(8-7-13(17)16-14)9-11-5-3-4-6-12(11)15/h3-6,10H,7-9H2,1-2H3,(H,16,17). The van der Waals surface area contributed by atoms with Crippen molar-refractivity contribution in [3.63, 3.8) is 0 Å². The molecule has 1 unspecified atom stereocenters. The van der Waals surface area contributed by atoms with Gasteiger partial charge in [0.15, 0.2) is 0 Å².